The van der Waals surface area contributed by atoms with Crippen LogP contribution in [0.1, 0.15) is 57.2 Å². The second kappa shape index (κ2) is 10.3. The number of likely N-dealkylation sites (tertiary alicyclic amines) is 1. The van der Waals surface area contributed by atoms with Gasteiger partial charge in [-0.2, -0.15) is 0 Å². The molecule has 35 heavy (non-hydrogen) atoms. The first-order chi connectivity index (χ1) is 17.1. The Kier molecular flexibility index (Phi) is 6.80. The lowest BCUT2D eigenvalue weighted by Gasteiger charge is -2.33. The molecule has 3 heterocycles. The Labute approximate surface area is 207 Å². The van der Waals surface area contributed by atoms with E-state index in [0.717, 1.165) is 42.8 Å². The van der Waals surface area contributed by atoms with Gasteiger partial charge in [-0.1, -0.05) is 54.6 Å². The van der Waals surface area contributed by atoms with Crippen molar-refractivity contribution in [1.82, 2.24) is 20.1 Å². The number of amides is 3. The van der Waals surface area contributed by atoms with E-state index in [9.17, 15) is 9.59 Å². The Morgan fingerprint density at radius 2 is 1.60 bits per heavy atom. The summed E-state index contributed by atoms with van der Waals surface area (Å²) in [5, 5.41) is 3.02. The summed E-state index contributed by atoms with van der Waals surface area (Å²) in [6.45, 7) is 5.18. The van der Waals surface area contributed by atoms with Gasteiger partial charge in [0.05, 0.1) is 11.3 Å². The van der Waals surface area contributed by atoms with Crippen molar-refractivity contribution in [1.29, 1.82) is 0 Å². The summed E-state index contributed by atoms with van der Waals surface area (Å²) in [6, 6.07) is 22.1. The molecule has 0 aliphatic carbocycles. The Bertz CT molecular complexity index is 1200. The maximum absolute atomic E-state index is 13.6. The van der Waals surface area contributed by atoms with Gasteiger partial charge in [0.15, 0.2) is 0 Å². The number of benzene rings is 2. The minimum Gasteiger partial charge on any atom is -0.334 e. The van der Waals surface area contributed by atoms with Gasteiger partial charge in [-0.05, 0) is 55.0 Å². The summed E-state index contributed by atoms with van der Waals surface area (Å²) in [7, 11) is 0. The molecule has 5 rings (SSSR count). The predicted molar refractivity (Wildman–Crippen MR) is 136 cm³/mol. The highest BCUT2D eigenvalue weighted by Gasteiger charge is 2.30. The third-order valence-electron chi connectivity index (χ3n) is 7.17. The van der Waals surface area contributed by atoms with Gasteiger partial charge in [-0.3, -0.25) is 9.78 Å². The van der Waals surface area contributed by atoms with E-state index in [1.165, 1.54) is 11.1 Å². The predicted octanol–water partition coefficient (Wildman–Crippen LogP) is 4.68. The summed E-state index contributed by atoms with van der Waals surface area (Å²) in [5.74, 6) is 0.231. The molecule has 0 saturated carbocycles. The molecule has 3 amide bonds. The lowest BCUT2D eigenvalue weighted by molar-refractivity contribution is 0.0731. The van der Waals surface area contributed by atoms with Gasteiger partial charge < -0.3 is 15.1 Å². The average Bonchev–Trinajstić information content (AvgIpc) is 2.91. The van der Waals surface area contributed by atoms with Crippen LogP contribution in [0.25, 0.3) is 0 Å². The van der Waals surface area contributed by atoms with Crippen molar-refractivity contribution in [3.8, 4) is 0 Å². The Balaban J connectivity index is 1.24. The molecule has 6 nitrogen and oxygen atoms in total. The number of hydrogen-bond donors (Lipinski definition) is 1. The number of aromatic nitrogens is 1. The van der Waals surface area contributed by atoms with Gasteiger partial charge >= 0.3 is 6.03 Å². The molecular weight excluding hydrogens is 436 g/mol. The normalized spacial score (nSPS) is 16.0. The van der Waals surface area contributed by atoms with Crippen molar-refractivity contribution in [2.24, 2.45) is 0 Å². The highest BCUT2D eigenvalue weighted by Crippen LogP contribution is 2.31. The monoisotopic (exact) mass is 468 g/mol. The number of pyridine rings is 1. The minimum atomic E-state index is -0.0345. The summed E-state index contributed by atoms with van der Waals surface area (Å²) in [5.41, 5.74) is 6.16. The first kappa shape index (κ1) is 23.1. The SMILES string of the molecule is Cc1ccc(C(=O)N2CCc3ccccc3C2)c(C2CCN(C(=O)NCc3ccccc3)CC2)n1. The van der Waals surface area contributed by atoms with E-state index in [0.29, 0.717) is 31.7 Å². The molecule has 2 aromatic carbocycles. The number of aryl methyl sites for hydroxylation is 1. The van der Waals surface area contributed by atoms with Crippen LogP contribution < -0.4 is 5.32 Å². The summed E-state index contributed by atoms with van der Waals surface area (Å²) < 4.78 is 0. The largest absolute Gasteiger partial charge is 0.334 e. The molecule has 2 aliphatic rings. The Morgan fingerprint density at radius 1 is 0.886 bits per heavy atom. The van der Waals surface area contributed by atoms with E-state index in [-0.39, 0.29) is 17.9 Å². The van der Waals surface area contributed by atoms with Crippen LogP contribution in [0.4, 0.5) is 4.79 Å². The maximum Gasteiger partial charge on any atom is 0.317 e. The molecule has 0 atom stereocenters. The first-order valence-corrected chi connectivity index (χ1v) is 12.5. The van der Waals surface area contributed by atoms with Crippen molar-refractivity contribution < 1.29 is 9.59 Å². The second-order valence-electron chi connectivity index (χ2n) is 9.54. The van der Waals surface area contributed by atoms with Crippen molar-refractivity contribution in [2.75, 3.05) is 19.6 Å². The molecule has 2 aliphatic heterocycles. The second-order valence-corrected chi connectivity index (χ2v) is 9.54. The van der Waals surface area contributed by atoms with Crippen LogP contribution in [0, 0.1) is 6.92 Å². The Morgan fingerprint density at radius 3 is 2.37 bits per heavy atom. The molecule has 0 bridgehead atoms. The molecule has 0 unspecified atom stereocenters. The smallest absolute Gasteiger partial charge is 0.317 e. The summed E-state index contributed by atoms with van der Waals surface area (Å²) in [4.78, 5) is 34.9. The quantitative estimate of drug-likeness (QED) is 0.605. The zero-order valence-corrected chi connectivity index (χ0v) is 20.2. The molecule has 1 aromatic heterocycles. The highest BCUT2D eigenvalue weighted by atomic mass is 16.2. The number of fused-ring (bicyclic) bond motifs is 1. The van der Waals surface area contributed by atoms with Gasteiger partial charge in [0.25, 0.3) is 5.91 Å². The number of nitrogens with one attached hydrogen (secondary N) is 1. The zero-order chi connectivity index (χ0) is 24.2. The third kappa shape index (κ3) is 5.21. The standard InChI is InChI=1S/C29H32N4O2/c1-21-11-12-26(28(34)33-18-13-23-9-5-6-10-25(23)20-33)27(31-21)24-14-16-32(17-15-24)29(35)30-19-22-7-3-2-4-8-22/h2-12,24H,13-20H2,1H3,(H,30,35). The molecule has 0 spiro atoms. The lowest BCUT2D eigenvalue weighted by Crippen LogP contribution is -2.44. The molecule has 1 saturated heterocycles. The zero-order valence-electron chi connectivity index (χ0n) is 20.2. The average molecular weight is 469 g/mol. The number of urea groups is 1. The van der Waals surface area contributed by atoms with E-state index in [2.05, 4.69) is 23.5 Å². The van der Waals surface area contributed by atoms with Gasteiger partial charge in [-0.15, -0.1) is 0 Å². The van der Waals surface area contributed by atoms with Crippen LogP contribution in [-0.2, 0) is 19.5 Å². The number of nitrogens with zero attached hydrogens (tertiary/aromatic N) is 3. The number of piperidine rings is 1. The van der Waals surface area contributed by atoms with E-state index in [1.807, 2.05) is 65.3 Å². The van der Waals surface area contributed by atoms with Crippen molar-refractivity contribution in [3.63, 3.8) is 0 Å². The first-order valence-electron chi connectivity index (χ1n) is 12.5. The van der Waals surface area contributed by atoms with Crippen molar-refractivity contribution in [3.05, 3.63) is 100 Å². The summed E-state index contributed by atoms with van der Waals surface area (Å²) >= 11 is 0. The summed E-state index contributed by atoms with van der Waals surface area (Å²) in [6.07, 6.45) is 2.49. The van der Waals surface area contributed by atoms with Crippen LogP contribution in [0.5, 0.6) is 0 Å². The van der Waals surface area contributed by atoms with Crippen LogP contribution in [0.15, 0.2) is 66.7 Å². The van der Waals surface area contributed by atoms with Crippen molar-refractivity contribution >= 4 is 11.9 Å². The van der Waals surface area contributed by atoms with Crippen LogP contribution in [-0.4, -0.2) is 46.4 Å². The molecular formula is C29H32N4O2. The maximum atomic E-state index is 13.6. The van der Waals surface area contributed by atoms with Crippen LogP contribution in [0.3, 0.4) is 0 Å². The van der Waals surface area contributed by atoms with E-state index in [1.54, 1.807) is 0 Å². The van der Waals surface area contributed by atoms with Crippen LogP contribution >= 0.6 is 0 Å². The number of carbonyl (C=O) groups excluding carboxylic acids is 2. The van der Waals surface area contributed by atoms with Gasteiger partial charge in [0.1, 0.15) is 0 Å². The molecule has 1 fully saturated rings. The highest BCUT2D eigenvalue weighted by molar-refractivity contribution is 5.95. The number of hydrogen-bond acceptors (Lipinski definition) is 3. The van der Waals surface area contributed by atoms with Gasteiger partial charge in [-0.25, -0.2) is 4.79 Å². The fraction of sp³-hybridized carbons (Fsp3) is 0.345. The minimum absolute atomic E-state index is 0.0345. The molecule has 1 N–H and O–H groups in total. The molecule has 3 aromatic rings. The van der Waals surface area contributed by atoms with E-state index >= 15 is 0 Å². The molecule has 0 radical (unpaired) electrons. The fourth-order valence-corrected chi connectivity index (χ4v) is 5.15. The number of rotatable bonds is 4. The molecule has 6 heteroatoms. The molecule has 180 valence electrons. The van der Waals surface area contributed by atoms with Crippen LogP contribution in [0.2, 0.25) is 0 Å². The fourth-order valence-electron chi connectivity index (χ4n) is 5.15. The number of carbonyl (C=O) groups is 2. The van der Waals surface area contributed by atoms with E-state index in [4.69, 9.17) is 4.98 Å². The topological polar surface area (TPSA) is 65.5 Å². The Hall–Kier alpha value is -3.67. The van der Waals surface area contributed by atoms with Gasteiger partial charge in [0.2, 0.25) is 0 Å². The lowest BCUT2D eigenvalue weighted by atomic mass is 9.89. The van der Waals surface area contributed by atoms with Crippen molar-refractivity contribution in [2.45, 2.75) is 45.2 Å². The van der Waals surface area contributed by atoms with E-state index < -0.39 is 0 Å². The third-order valence-corrected chi connectivity index (χ3v) is 7.17. The van der Waals surface area contributed by atoms with Gasteiger partial charge in [0, 0.05) is 44.3 Å².